The Morgan fingerprint density at radius 1 is 1.00 bits per heavy atom. The lowest BCUT2D eigenvalue weighted by Crippen LogP contribution is -2.44. The zero-order valence-corrected chi connectivity index (χ0v) is 17.4. The van der Waals surface area contributed by atoms with Crippen molar-refractivity contribution in [1.82, 2.24) is 20.4 Å². The highest BCUT2D eigenvalue weighted by Crippen LogP contribution is 2.32. The molecule has 0 spiro atoms. The molecule has 152 valence electrons. The highest BCUT2D eigenvalue weighted by Gasteiger charge is 2.18. The van der Waals surface area contributed by atoms with Crippen LogP contribution in [0.2, 0.25) is 0 Å². The van der Waals surface area contributed by atoms with Gasteiger partial charge in [0, 0.05) is 49.5 Å². The molecule has 0 radical (unpaired) electrons. The third-order valence-corrected chi connectivity index (χ3v) is 5.97. The lowest BCUT2D eigenvalue weighted by atomic mass is 9.87. The van der Waals surface area contributed by atoms with Gasteiger partial charge in [0.1, 0.15) is 0 Å². The van der Waals surface area contributed by atoms with Crippen LogP contribution in [0, 0.1) is 0 Å². The zero-order chi connectivity index (χ0) is 20.1. The van der Waals surface area contributed by atoms with Gasteiger partial charge in [-0.15, -0.1) is 0 Å². The summed E-state index contributed by atoms with van der Waals surface area (Å²) in [6, 6.07) is 18.1. The number of nitrogens with one attached hydrogen (secondary N) is 2. The van der Waals surface area contributed by atoms with Gasteiger partial charge in [0.05, 0.1) is 6.20 Å². The quantitative estimate of drug-likeness (QED) is 0.649. The second-order valence-corrected chi connectivity index (χ2v) is 7.94. The van der Waals surface area contributed by atoms with Crippen molar-refractivity contribution in [2.24, 2.45) is 0 Å². The van der Waals surface area contributed by atoms with Gasteiger partial charge in [-0.2, -0.15) is 5.10 Å². The molecule has 1 aliphatic heterocycles. The van der Waals surface area contributed by atoms with Gasteiger partial charge >= 0.3 is 0 Å². The summed E-state index contributed by atoms with van der Waals surface area (Å²) in [5.74, 6) is 0.383. The summed E-state index contributed by atoms with van der Waals surface area (Å²) in [7, 11) is 4.23. The Balaban J connectivity index is 1.59. The van der Waals surface area contributed by atoms with E-state index in [1.54, 1.807) is 0 Å². The van der Waals surface area contributed by atoms with Gasteiger partial charge in [0.25, 0.3) is 0 Å². The Hall–Kier alpha value is -2.63. The lowest BCUT2D eigenvalue weighted by molar-refractivity contribution is 0.313. The number of H-pyrrole nitrogens is 1. The zero-order valence-electron chi connectivity index (χ0n) is 17.4. The minimum atomic E-state index is 0.383. The van der Waals surface area contributed by atoms with Gasteiger partial charge in [0.2, 0.25) is 0 Å². The van der Waals surface area contributed by atoms with Crippen LogP contribution in [0.15, 0.2) is 60.9 Å². The summed E-state index contributed by atoms with van der Waals surface area (Å²) in [4.78, 5) is 4.91. The van der Waals surface area contributed by atoms with Crippen molar-refractivity contribution < 1.29 is 0 Å². The SMILES string of the molecule is CNCCC(c1ccc(-c2cn[nH]c2)cc1)c1cccc(N2CCN(C)CC2)c1. The summed E-state index contributed by atoms with van der Waals surface area (Å²) in [5.41, 5.74) is 6.43. The van der Waals surface area contributed by atoms with E-state index in [1.807, 2.05) is 19.4 Å². The van der Waals surface area contributed by atoms with E-state index in [0.717, 1.165) is 44.7 Å². The molecule has 5 heteroatoms. The number of aromatic amines is 1. The molecule has 4 rings (SSSR count). The number of piperazine rings is 1. The Morgan fingerprint density at radius 2 is 1.79 bits per heavy atom. The molecule has 0 saturated carbocycles. The molecule has 29 heavy (non-hydrogen) atoms. The molecule has 0 amide bonds. The van der Waals surface area contributed by atoms with E-state index in [1.165, 1.54) is 22.4 Å². The van der Waals surface area contributed by atoms with Crippen LogP contribution >= 0.6 is 0 Å². The fraction of sp³-hybridized carbons (Fsp3) is 0.375. The van der Waals surface area contributed by atoms with Crippen LogP contribution in [0.1, 0.15) is 23.5 Å². The number of anilines is 1. The maximum atomic E-state index is 4.06. The fourth-order valence-corrected chi connectivity index (χ4v) is 4.13. The standard InChI is InChI=1S/C24H31N5/c1-25-11-10-24(20-8-6-19(7-9-20)22-17-26-27-18-22)21-4-3-5-23(16-21)29-14-12-28(2)13-15-29/h3-9,16-18,24-25H,10-15H2,1-2H3,(H,26,27). The molecule has 1 aliphatic rings. The number of rotatable bonds is 7. The van der Waals surface area contributed by atoms with E-state index in [4.69, 9.17) is 0 Å². The lowest BCUT2D eigenvalue weighted by Gasteiger charge is -2.34. The first-order chi connectivity index (χ1) is 14.2. The van der Waals surface area contributed by atoms with Crippen LogP contribution in [0.3, 0.4) is 0 Å². The van der Waals surface area contributed by atoms with Gasteiger partial charge in [-0.05, 0) is 55.9 Å². The van der Waals surface area contributed by atoms with Crippen LogP contribution in [-0.4, -0.2) is 61.9 Å². The van der Waals surface area contributed by atoms with Crippen molar-refractivity contribution in [2.75, 3.05) is 51.7 Å². The predicted octanol–water partition coefficient (Wildman–Crippen LogP) is 3.57. The van der Waals surface area contributed by atoms with Crippen molar-refractivity contribution in [3.8, 4) is 11.1 Å². The monoisotopic (exact) mass is 389 g/mol. The van der Waals surface area contributed by atoms with E-state index in [9.17, 15) is 0 Å². The largest absolute Gasteiger partial charge is 0.369 e. The molecule has 5 nitrogen and oxygen atoms in total. The first-order valence-corrected chi connectivity index (χ1v) is 10.5. The molecule has 0 aliphatic carbocycles. The minimum Gasteiger partial charge on any atom is -0.369 e. The number of aromatic nitrogens is 2. The van der Waals surface area contributed by atoms with Crippen molar-refractivity contribution in [2.45, 2.75) is 12.3 Å². The summed E-state index contributed by atoms with van der Waals surface area (Å²) < 4.78 is 0. The highest BCUT2D eigenvalue weighted by atomic mass is 15.2. The molecule has 0 bridgehead atoms. The molecule has 3 aromatic rings. The number of hydrogen-bond donors (Lipinski definition) is 2. The third-order valence-electron chi connectivity index (χ3n) is 5.97. The van der Waals surface area contributed by atoms with Gasteiger partial charge in [-0.1, -0.05) is 36.4 Å². The Kier molecular flexibility index (Phi) is 6.27. The molecule has 2 aromatic carbocycles. The predicted molar refractivity (Wildman–Crippen MR) is 121 cm³/mol. The summed E-state index contributed by atoms with van der Waals surface area (Å²) in [6.45, 7) is 5.44. The highest BCUT2D eigenvalue weighted by molar-refractivity contribution is 5.62. The number of likely N-dealkylation sites (N-methyl/N-ethyl adjacent to an activating group) is 1. The first kappa shape index (κ1) is 19.7. The second kappa shape index (κ2) is 9.25. The molecular weight excluding hydrogens is 358 g/mol. The van der Waals surface area contributed by atoms with E-state index in [2.05, 4.69) is 80.9 Å². The summed E-state index contributed by atoms with van der Waals surface area (Å²) in [5, 5.41) is 10.3. The maximum absolute atomic E-state index is 4.06. The van der Waals surface area contributed by atoms with Crippen molar-refractivity contribution in [3.63, 3.8) is 0 Å². The summed E-state index contributed by atoms with van der Waals surface area (Å²) >= 11 is 0. The molecule has 1 fully saturated rings. The van der Waals surface area contributed by atoms with Gasteiger partial charge in [0.15, 0.2) is 0 Å². The van der Waals surface area contributed by atoms with E-state index in [-0.39, 0.29) is 0 Å². The van der Waals surface area contributed by atoms with Crippen molar-refractivity contribution in [1.29, 1.82) is 0 Å². The maximum Gasteiger partial charge on any atom is 0.0565 e. The van der Waals surface area contributed by atoms with Crippen molar-refractivity contribution in [3.05, 3.63) is 72.1 Å². The van der Waals surface area contributed by atoms with Gasteiger partial charge in [-0.3, -0.25) is 5.10 Å². The van der Waals surface area contributed by atoms with Crippen LogP contribution in [0.4, 0.5) is 5.69 Å². The fourth-order valence-electron chi connectivity index (χ4n) is 4.13. The average Bonchev–Trinajstić information content (AvgIpc) is 3.30. The van der Waals surface area contributed by atoms with Gasteiger partial charge in [-0.25, -0.2) is 0 Å². The Morgan fingerprint density at radius 3 is 2.48 bits per heavy atom. The first-order valence-electron chi connectivity index (χ1n) is 10.5. The molecular formula is C24H31N5. The van der Waals surface area contributed by atoms with Crippen LogP contribution in [-0.2, 0) is 0 Å². The minimum absolute atomic E-state index is 0.383. The van der Waals surface area contributed by atoms with Crippen LogP contribution in [0.5, 0.6) is 0 Å². The van der Waals surface area contributed by atoms with E-state index < -0.39 is 0 Å². The second-order valence-electron chi connectivity index (χ2n) is 7.94. The van der Waals surface area contributed by atoms with E-state index >= 15 is 0 Å². The molecule has 2 N–H and O–H groups in total. The smallest absolute Gasteiger partial charge is 0.0565 e. The molecule has 1 aromatic heterocycles. The Labute approximate surface area is 173 Å². The molecule has 1 saturated heterocycles. The molecule has 1 unspecified atom stereocenters. The van der Waals surface area contributed by atoms with E-state index in [0.29, 0.717) is 5.92 Å². The topological polar surface area (TPSA) is 47.2 Å². The molecule has 2 heterocycles. The van der Waals surface area contributed by atoms with Crippen LogP contribution in [0.25, 0.3) is 11.1 Å². The Bertz CT molecular complexity index is 880. The van der Waals surface area contributed by atoms with Crippen LogP contribution < -0.4 is 10.2 Å². The normalized spacial score (nSPS) is 16.1. The number of nitrogens with zero attached hydrogens (tertiary/aromatic N) is 3. The average molecular weight is 390 g/mol. The van der Waals surface area contributed by atoms with Crippen molar-refractivity contribution >= 4 is 5.69 Å². The molecule has 1 atom stereocenters. The van der Waals surface area contributed by atoms with Gasteiger partial charge < -0.3 is 15.1 Å². The number of benzene rings is 2. The third kappa shape index (κ3) is 4.69. The number of hydrogen-bond acceptors (Lipinski definition) is 4. The summed E-state index contributed by atoms with van der Waals surface area (Å²) in [6.07, 6.45) is 4.88.